The summed E-state index contributed by atoms with van der Waals surface area (Å²) in [7, 11) is 0. The molecule has 2 aliphatic heterocycles. The molecule has 92 valence electrons. The van der Waals surface area contributed by atoms with Gasteiger partial charge in [0.25, 0.3) is 0 Å². The van der Waals surface area contributed by atoms with E-state index in [4.69, 9.17) is 11.6 Å². The maximum absolute atomic E-state index is 6.36. The lowest BCUT2D eigenvalue weighted by Crippen LogP contribution is -2.49. The molecule has 1 aliphatic carbocycles. The zero-order valence-corrected chi connectivity index (χ0v) is 11.0. The molecule has 3 rings (SSSR count). The molecule has 0 amide bonds. The number of fused-ring (bicyclic) bond motifs is 2. The third kappa shape index (κ3) is 2.13. The molecule has 0 aromatic heterocycles. The van der Waals surface area contributed by atoms with Gasteiger partial charge in [0.2, 0.25) is 0 Å². The summed E-state index contributed by atoms with van der Waals surface area (Å²) < 4.78 is 0. The van der Waals surface area contributed by atoms with Crippen molar-refractivity contribution in [3.63, 3.8) is 0 Å². The van der Waals surface area contributed by atoms with Crippen LogP contribution < -0.4 is 0 Å². The number of rotatable bonds is 1. The van der Waals surface area contributed by atoms with Crippen LogP contribution >= 0.6 is 11.6 Å². The van der Waals surface area contributed by atoms with Gasteiger partial charge in [0.15, 0.2) is 0 Å². The van der Waals surface area contributed by atoms with E-state index in [9.17, 15) is 0 Å². The fraction of sp³-hybridized carbons (Fsp3) is 1.00. The topological polar surface area (TPSA) is 3.24 Å². The van der Waals surface area contributed by atoms with Crippen molar-refractivity contribution in [3.8, 4) is 0 Å². The van der Waals surface area contributed by atoms with Crippen molar-refractivity contribution >= 4 is 11.6 Å². The second-order valence-corrected chi connectivity index (χ2v) is 6.66. The highest BCUT2D eigenvalue weighted by Crippen LogP contribution is 2.41. The normalized spacial score (nSPS) is 42.2. The first-order valence-electron chi connectivity index (χ1n) is 7.26. The molecule has 0 aromatic carbocycles. The Morgan fingerprint density at radius 2 is 1.25 bits per heavy atom. The monoisotopic (exact) mass is 241 g/mol. The van der Waals surface area contributed by atoms with Gasteiger partial charge in [-0.05, 0) is 38.5 Å². The van der Waals surface area contributed by atoms with E-state index in [0.29, 0.717) is 5.38 Å². The fourth-order valence-corrected chi connectivity index (χ4v) is 4.71. The zero-order valence-electron chi connectivity index (χ0n) is 10.2. The maximum atomic E-state index is 6.36. The second kappa shape index (κ2) is 4.86. The Morgan fingerprint density at radius 3 is 1.81 bits per heavy atom. The van der Waals surface area contributed by atoms with E-state index >= 15 is 0 Å². The first-order valence-corrected chi connectivity index (χ1v) is 7.70. The maximum Gasteiger partial charge on any atom is 0.0365 e. The molecule has 16 heavy (non-hydrogen) atoms. The van der Waals surface area contributed by atoms with E-state index in [0.717, 1.165) is 18.1 Å². The van der Waals surface area contributed by atoms with Gasteiger partial charge >= 0.3 is 0 Å². The van der Waals surface area contributed by atoms with Crippen LogP contribution in [0.15, 0.2) is 0 Å². The highest BCUT2D eigenvalue weighted by Gasteiger charge is 2.42. The van der Waals surface area contributed by atoms with Crippen LogP contribution in [0.1, 0.15) is 64.2 Å². The minimum Gasteiger partial charge on any atom is -0.294 e. The van der Waals surface area contributed by atoms with Gasteiger partial charge in [-0.25, -0.2) is 0 Å². The summed E-state index contributed by atoms with van der Waals surface area (Å²) >= 11 is 6.36. The minimum absolute atomic E-state index is 0.472. The van der Waals surface area contributed by atoms with Crippen LogP contribution in [0.2, 0.25) is 0 Å². The van der Waals surface area contributed by atoms with Crippen molar-refractivity contribution < 1.29 is 0 Å². The lowest BCUT2D eigenvalue weighted by Gasteiger charge is -2.42. The van der Waals surface area contributed by atoms with Gasteiger partial charge in [0, 0.05) is 23.5 Å². The molecule has 2 bridgehead atoms. The van der Waals surface area contributed by atoms with Crippen molar-refractivity contribution in [2.24, 2.45) is 0 Å². The summed E-state index contributed by atoms with van der Waals surface area (Å²) in [6.07, 6.45) is 14.1. The van der Waals surface area contributed by atoms with Crippen molar-refractivity contribution in [2.75, 3.05) is 0 Å². The first-order chi connectivity index (χ1) is 7.84. The van der Waals surface area contributed by atoms with E-state index in [-0.39, 0.29) is 0 Å². The molecule has 3 fully saturated rings. The lowest BCUT2D eigenvalue weighted by molar-refractivity contribution is 0.0795. The van der Waals surface area contributed by atoms with Gasteiger partial charge in [0.1, 0.15) is 0 Å². The van der Waals surface area contributed by atoms with Crippen LogP contribution in [0.5, 0.6) is 0 Å². The number of halogens is 1. The molecule has 2 saturated heterocycles. The van der Waals surface area contributed by atoms with Gasteiger partial charge < -0.3 is 0 Å². The highest BCUT2D eigenvalue weighted by molar-refractivity contribution is 6.20. The summed E-state index contributed by atoms with van der Waals surface area (Å²) in [5, 5.41) is 0.472. The average molecular weight is 242 g/mol. The molecule has 0 radical (unpaired) electrons. The predicted octanol–water partition coefficient (Wildman–Crippen LogP) is 3.94. The van der Waals surface area contributed by atoms with E-state index in [1.165, 1.54) is 64.2 Å². The molecule has 3 aliphatic rings. The second-order valence-electron chi connectivity index (χ2n) is 6.05. The number of piperidine rings is 1. The molecule has 2 heteroatoms. The third-order valence-electron chi connectivity index (χ3n) is 4.98. The Balaban J connectivity index is 1.69. The Bertz CT molecular complexity index is 221. The van der Waals surface area contributed by atoms with Crippen molar-refractivity contribution in [1.82, 2.24) is 4.90 Å². The fourth-order valence-electron chi connectivity index (χ4n) is 4.30. The van der Waals surface area contributed by atoms with E-state index in [1.54, 1.807) is 0 Å². The minimum atomic E-state index is 0.472. The molecule has 2 unspecified atom stereocenters. The summed E-state index contributed by atoms with van der Waals surface area (Å²) in [6.45, 7) is 0. The van der Waals surface area contributed by atoms with Crippen LogP contribution in [0.25, 0.3) is 0 Å². The van der Waals surface area contributed by atoms with E-state index < -0.39 is 0 Å². The molecule has 2 atom stereocenters. The van der Waals surface area contributed by atoms with E-state index in [2.05, 4.69) is 4.90 Å². The van der Waals surface area contributed by atoms with Crippen molar-refractivity contribution in [2.45, 2.75) is 87.7 Å². The first kappa shape index (κ1) is 11.3. The average Bonchev–Trinajstić information content (AvgIpc) is 2.49. The molecule has 2 heterocycles. The Kier molecular flexibility index (Phi) is 3.44. The Hall–Kier alpha value is 0.250. The lowest BCUT2D eigenvalue weighted by atomic mass is 9.96. The SMILES string of the molecule is ClC1CC2CCC(C1)N2C1CCCCCC1. The van der Waals surface area contributed by atoms with Crippen molar-refractivity contribution in [1.29, 1.82) is 0 Å². The van der Waals surface area contributed by atoms with Crippen molar-refractivity contribution in [3.05, 3.63) is 0 Å². The summed E-state index contributed by atoms with van der Waals surface area (Å²) in [5.74, 6) is 0. The summed E-state index contributed by atoms with van der Waals surface area (Å²) in [6, 6.07) is 2.58. The Labute approximate surface area is 105 Å². The zero-order chi connectivity index (χ0) is 11.0. The van der Waals surface area contributed by atoms with Crippen LogP contribution in [0.4, 0.5) is 0 Å². The predicted molar refractivity (Wildman–Crippen MR) is 69.0 cm³/mol. The van der Waals surface area contributed by atoms with Gasteiger partial charge in [0.05, 0.1) is 0 Å². The molecular weight excluding hydrogens is 218 g/mol. The van der Waals surface area contributed by atoms with Gasteiger partial charge in [-0.2, -0.15) is 0 Å². The molecule has 0 aromatic rings. The van der Waals surface area contributed by atoms with Crippen LogP contribution in [-0.4, -0.2) is 28.4 Å². The van der Waals surface area contributed by atoms with Gasteiger partial charge in [-0.1, -0.05) is 25.7 Å². The molecule has 0 N–H and O–H groups in total. The quantitative estimate of drug-likeness (QED) is 0.497. The third-order valence-corrected chi connectivity index (χ3v) is 5.33. The number of hydrogen-bond donors (Lipinski definition) is 0. The van der Waals surface area contributed by atoms with Crippen LogP contribution in [0.3, 0.4) is 0 Å². The standard InChI is InChI=1S/C14H24ClN/c15-11-9-13-7-8-14(10-11)16(13)12-5-3-1-2-4-6-12/h11-14H,1-10H2. The van der Waals surface area contributed by atoms with Crippen LogP contribution in [0, 0.1) is 0 Å². The van der Waals surface area contributed by atoms with E-state index in [1.807, 2.05) is 0 Å². The number of hydrogen-bond acceptors (Lipinski definition) is 1. The number of nitrogens with zero attached hydrogens (tertiary/aromatic N) is 1. The molecule has 0 spiro atoms. The Morgan fingerprint density at radius 1 is 0.688 bits per heavy atom. The van der Waals surface area contributed by atoms with Gasteiger partial charge in [-0.3, -0.25) is 4.90 Å². The molecule has 1 saturated carbocycles. The molecular formula is C14H24ClN. The van der Waals surface area contributed by atoms with Crippen LogP contribution in [-0.2, 0) is 0 Å². The summed E-state index contributed by atoms with van der Waals surface area (Å²) in [5.41, 5.74) is 0. The molecule has 1 nitrogen and oxygen atoms in total. The smallest absolute Gasteiger partial charge is 0.0365 e. The number of alkyl halides is 1. The van der Waals surface area contributed by atoms with Gasteiger partial charge in [-0.15, -0.1) is 11.6 Å². The highest BCUT2D eigenvalue weighted by atomic mass is 35.5. The largest absolute Gasteiger partial charge is 0.294 e. The summed E-state index contributed by atoms with van der Waals surface area (Å²) in [4.78, 5) is 2.89.